The highest BCUT2D eigenvalue weighted by molar-refractivity contribution is 5.94. The molecule has 1 fully saturated rings. The molecule has 2 aliphatic rings. The summed E-state index contributed by atoms with van der Waals surface area (Å²) in [4.78, 5) is 7.64. The fourth-order valence-corrected chi connectivity index (χ4v) is 4.55. The lowest BCUT2D eigenvalue weighted by molar-refractivity contribution is 0.180. The number of likely N-dealkylation sites (tertiary alicyclic amines) is 1. The van der Waals surface area contributed by atoms with Gasteiger partial charge in [-0.1, -0.05) is 55.5 Å². The molecule has 4 rings (SSSR count). The number of halogens is 2. The summed E-state index contributed by atoms with van der Waals surface area (Å²) in [5, 5.41) is 7.31. The van der Waals surface area contributed by atoms with Crippen molar-refractivity contribution in [3.63, 3.8) is 0 Å². The molecule has 0 saturated carbocycles. The van der Waals surface area contributed by atoms with Gasteiger partial charge in [-0.3, -0.25) is 10.2 Å². The van der Waals surface area contributed by atoms with Crippen LogP contribution in [0.3, 0.4) is 0 Å². The van der Waals surface area contributed by atoms with Crippen molar-refractivity contribution < 1.29 is 0 Å². The zero-order valence-corrected chi connectivity index (χ0v) is 18.2. The van der Waals surface area contributed by atoms with Gasteiger partial charge in [0, 0.05) is 19.0 Å². The van der Waals surface area contributed by atoms with E-state index in [1.807, 2.05) is 0 Å². The van der Waals surface area contributed by atoms with Crippen LogP contribution in [0.1, 0.15) is 36.8 Å². The Kier molecular flexibility index (Phi) is 7.90. The first-order valence-electron chi connectivity index (χ1n) is 9.69. The fraction of sp³-hybridized carbons (Fsp3) is 0.409. The molecule has 2 heterocycles. The number of benzene rings is 2. The third kappa shape index (κ3) is 3.92. The molecule has 0 aliphatic carbocycles. The third-order valence-corrected chi connectivity index (χ3v) is 5.91. The van der Waals surface area contributed by atoms with Crippen molar-refractivity contribution >= 4 is 36.3 Å². The van der Waals surface area contributed by atoms with Crippen molar-refractivity contribution in [3.05, 3.63) is 65.7 Å². The van der Waals surface area contributed by atoms with E-state index < -0.39 is 0 Å². The van der Waals surface area contributed by atoms with E-state index in [9.17, 15) is 0 Å². The van der Waals surface area contributed by atoms with Crippen LogP contribution in [0.5, 0.6) is 0 Å². The normalized spacial score (nSPS) is 24.1. The maximum atomic E-state index is 5.14. The number of nitrogens with zero attached hydrogens (tertiary/aromatic N) is 2. The second-order valence-electron chi connectivity index (χ2n) is 7.16. The molecule has 152 valence electrons. The third-order valence-electron chi connectivity index (χ3n) is 5.91. The molecular weight excluding hydrogens is 391 g/mol. The Morgan fingerprint density at radius 1 is 1.11 bits per heavy atom. The number of fused-ring (bicyclic) bond motifs is 1. The van der Waals surface area contributed by atoms with Gasteiger partial charge < -0.3 is 5.32 Å². The predicted octanol–water partition coefficient (Wildman–Crippen LogP) is 4.33. The molecular formula is C22H30Cl2N4. The molecule has 2 aromatic carbocycles. The van der Waals surface area contributed by atoms with Crippen LogP contribution in [-0.2, 0) is 0 Å². The van der Waals surface area contributed by atoms with Crippen molar-refractivity contribution in [3.8, 4) is 0 Å². The smallest absolute Gasteiger partial charge is 0.138 e. The Balaban J connectivity index is 0.00000140. The number of para-hydroxylation sites is 1. The number of hydrogen-bond donors (Lipinski definition) is 2. The van der Waals surface area contributed by atoms with Crippen LogP contribution < -0.4 is 10.6 Å². The summed E-state index contributed by atoms with van der Waals surface area (Å²) in [5.74, 6) is 1.37. The highest BCUT2D eigenvalue weighted by Crippen LogP contribution is 2.36. The Labute approximate surface area is 180 Å². The minimum atomic E-state index is -0.187. The highest BCUT2D eigenvalue weighted by atomic mass is 35.5. The summed E-state index contributed by atoms with van der Waals surface area (Å²) < 4.78 is 0. The average Bonchev–Trinajstić information content (AvgIpc) is 3.03. The van der Waals surface area contributed by atoms with E-state index in [1.54, 1.807) is 0 Å². The summed E-state index contributed by atoms with van der Waals surface area (Å²) in [7, 11) is 2.06. The van der Waals surface area contributed by atoms with Crippen LogP contribution in [0.2, 0.25) is 0 Å². The number of amidine groups is 1. The summed E-state index contributed by atoms with van der Waals surface area (Å²) >= 11 is 0. The van der Waals surface area contributed by atoms with Gasteiger partial charge in [-0.25, -0.2) is 4.99 Å². The van der Waals surface area contributed by atoms with Gasteiger partial charge in [-0.05, 0) is 43.6 Å². The van der Waals surface area contributed by atoms with Crippen molar-refractivity contribution in [2.75, 3.05) is 26.7 Å². The molecule has 2 aromatic rings. The first kappa shape index (κ1) is 22.7. The molecule has 1 saturated heterocycles. The molecule has 2 N–H and O–H groups in total. The van der Waals surface area contributed by atoms with Crippen molar-refractivity contribution in [1.82, 2.24) is 15.5 Å². The zero-order chi connectivity index (χ0) is 18.0. The predicted molar refractivity (Wildman–Crippen MR) is 123 cm³/mol. The molecule has 2 aliphatic heterocycles. The van der Waals surface area contributed by atoms with Gasteiger partial charge in [0.1, 0.15) is 11.5 Å². The number of rotatable bonds is 4. The number of likely N-dealkylation sites (N-methyl/N-ethyl adjacent to an activating group) is 2. The van der Waals surface area contributed by atoms with Crippen molar-refractivity contribution in [2.45, 2.75) is 31.3 Å². The van der Waals surface area contributed by atoms with Gasteiger partial charge in [-0.15, -0.1) is 24.8 Å². The van der Waals surface area contributed by atoms with E-state index in [0.29, 0.717) is 5.92 Å². The SMILES string of the molecule is CCN1CCCC1(NC)C1=Nc2ccccc2C(c2ccccc2)CN1.Cl.Cl. The molecule has 6 heteroatoms. The molecule has 28 heavy (non-hydrogen) atoms. The number of aliphatic imine (C=N–C) groups is 1. The average molecular weight is 421 g/mol. The monoisotopic (exact) mass is 420 g/mol. The molecule has 0 spiro atoms. The second kappa shape index (κ2) is 9.75. The van der Waals surface area contributed by atoms with E-state index in [2.05, 4.69) is 84.1 Å². The number of hydrogen-bond acceptors (Lipinski definition) is 4. The molecule has 2 unspecified atom stereocenters. The van der Waals surface area contributed by atoms with E-state index >= 15 is 0 Å². The van der Waals surface area contributed by atoms with Crippen LogP contribution in [0.25, 0.3) is 0 Å². The van der Waals surface area contributed by atoms with E-state index in [4.69, 9.17) is 4.99 Å². The first-order chi connectivity index (χ1) is 12.8. The van der Waals surface area contributed by atoms with Crippen LogP contribution in [0, 0.1) is 0 Å². The highest BCUT2D eigenvalue weighted by Gasteiger charge is 2.44. The summed E-state index contributed by atoms with van der Waals surface area (Å²) in [6, 6.07) is 19.3. The number of nitrogens with one attached hydrogen (secondary N) is 2. The van der Waals surface area contributed by atoms with Crippen LogP contribution in [0.4, 0.5) is 5.69 Å². The molecule has 2 atom stereocenters. The summed E-state index contributed by atoms with van der Waals surface area (Å²) in [5.41, 5.74) is 3.53. The van der Waals surface area contributed by atoms with Gasteiger partial charge in [0.2, 0.25) is 0 Å². The first-order valence-corrected chi connectivity index (χ1v) is 9.69. The second-order valence-corrected chi connectivity index (χ2v) is 7.16. The minimum Gasteiger partial charge on any atom is -0.370 e. The van der Waals surface area contributed by atoms with Crippen molar-refractivity contribution in [2.24, 2.45) is 4.99 Å². The van der Waals surface area contributed by atoms with Gasteiger partial charge in [0.15, 0.2) is 0 Å². The molecule has 4 nitrogen and oxygen atoms in total. The summed E-state index contributed by atoms with van der Waals surface area (Å²) in [6.07, 6.45) is 2.28. The molecule has 0 amide bonds. The fourth-order valence-electron chi connectivity index (χ4n) is 4.55. The molecule has 0 radical (unpaired) electrons. The lowest BCUT2D eigenvalue weighted by atomic mass is 9.90. The Bertz CT molecular complexity index is 796. The van der Waals surface area contributed by atoms with E-state index in [-0.39, 0.29) is 30.5 Å². The lowest BCUT2D eigenvalue weighted by Crippen LogP contribution is -2.63. The van der Waals surface area contributed by atoms with Crippen LogP contribution >= 0.6 is 24.8 Å². The lowest BCUT2D eigenvalue weighted by Gasteiger charge is -2.39. The van der Waals surface area contributed by atoms with E-state index in [1.165, 1.54) is 17.5 Å². The Morgan fingerprint density at radius 2 is 1.82 bits per heavy atom. The van der Waals surface area contributed by atoms with Gasteiger partial charge in [0.25, 0.3) is 0 Å². The van der Waals surface area contributed by atoms with Gasteiger partial charge in [-0.2, -0.15) is 0 Å². The minimum absolute atomic E-state index is 0. The zero-order valence-electron chi connectivity index (χ0n) is 16.5. The topological polar surface area (TPSA) is 39.7 Å². The van der Waals surface area contributed by atoms with Crippen LogP contribution in [-0.4, -0.2) is 43.1 Å². The largest absolute Gasteiger partial charge is 0.370 e. The maximum Gasteiger partial charge on any atom is 0.138 e. The van der Waals surface area contributed by atoms with Crippen molar-refractivity contribution in [1.29, 1.82) is 0 Å². The molecule has 0 aromatic heterocycles. The summed E-state index contributed by atoms with van der Waals surface area (Å²) in [6.45, 7) is 5.23. The maximum absolute atomic E-state index is 5.14. The Morgan fingerprint density at radius 3 is 2.54 bits per heavy atom. The van der Waals surface area contributed by atoms with Crippen LogP contribution in [0.15, 0.2) is 59.6 Å². The van der Waals surface area contributed by atoms with Gasteiger partial charge in [0.05, 0.1) is 5.69 Å². The quantitative estimate of drug-likeness (QED) is 0.772. The molecule has 0 bridgehead atoms. The van der Waals surface area contributed by atoms with E-state index in [0.717, 1.165) is 37.6 Å². The Hall–Kier alpha value is -1.59. The van der Waals surface area contributed by atoms with Gasteiger partial charge >= 0.3 is 0 Å². The standard InChI is InChI=1S/C22H28N4.2ClH/c1-3-26-15-9-14-22(26,23-2)21-24-16-19(17-10-5-4-6-11-17)18-12-7-8-13-20(18)25-21;;/h4-8,10-13,19,23H,3,9,14-16H2,1-2H3,(H,24,25);2*1H.